The third kappa shape index (κ3) is 2.53. The molecule has 0 saturated carbocycles. The highest BCUT2D eigenvalue weighted by molar-refractivity contribution is 6.32. The normalized spacial score (nSPS) is 10.8. The molecule has 3 rings (SSSR count). The molecule has 19 heavy (non-hydrogen) atoms. The predicted molar refractivity (Wildman–Crippen MR) is 73.5 cm³/mol. The van der Waals surface area contributed by atoms with E-state index in [9.17, 15) is 0 Å². The van der Waals surface area contributed by atoms with E-state index >= 15 is 0 Å². The quantitative estimate of drug-likeness (QED) is 0.735. The number of benzene rings is 1. The van der Waals surface area contributed by atoms with E-state index in [1.165, 1.54) is 0 Å². The van der Waals surface area contributed by atoms with Crippen molar-refractivity contribution >= 4 is 17.2 Å². The van der Waals surface area contributed by atoms with E-state index in [0.29, 0.717) is 17.4 Å². The number of aryl methyl sites for hydroxylation is 1. The molecule has 0 atom stereocenters. The molecular weight excluding hydrogens is 262 g/mol. The van der Waals surface area contributed by atoms with Crippen LogP contribution in [0.25, 0.3) is 5.65 Å². The molecule has 0 N–H and O–H groups in total. The zero-order valence-electron chi connectivity index (χ0n) is 10.4. The standard InChI is InChI=1S/C14H12ClN3O/c1-10-8-14-16-11(6-7-18(14)17-10)9-19-13-5-3-2-4-12(13)15/h2-8H,9H2,1H3. The molecule has 2 aromatic heterocycles. The van der Waals surface area contributed by atoms with Crippen molar-refractivity contribution in [3.63, 3.8) is 0 Å². The molecule has 0 bridgehead atoms. The fraction of sp³-hybridized carbons (Fsp3) is 0.143. The van der Waals surface area contributed by atoms with Crippen LogP contribution < -0.4 is 4.74 Å². The van der Waals surface area contributed by atoms with Gasteiger partial charge in [0, 0.05) is 12.3 Å². The molecule has 5 heteroatoms. The average molecular weight is 274 g/mol. The number of para-hydroxylation sites is 1. The van der Waals surface area contributed by atoms with E-state index < -0.39 is 0 Å². The van der Waals surface area contributed by atoms with Gasteiger partial charge in [0.25, 0.3) is 0 Å². The van der Waals surface area contributed by atoms with Gasteiger partial charge in [-0.05, 0) is 25.1 Å². The molecule has 4 nitrogen and oxygen atoms in total. The van der Waals surface area contributed by atoms with Crippen molar-refractivity contribution in [1.82, 2.24) is 14.6 Å². The molecule has 0 fully saturated rings. The van der Waals surface area contributed by atoms with Crippen LogP contribution >= 0.6 is 11.6 Å². The van der Waals surface area contributed by atoms with Gasteiger partial charge in [0.05, 0.1) is 16.4 Å². The minimum absolute atomic E-state index is 0.379. The first-order chi connectivity index (χ1) is 9.22. The third-order valence-electron chi connectivity index (χ3n) is 2.72. The van der Waals surface area contributed by atoms with E-state index in [1.807, 2.05) is 43.5 Å². The maximum atomic E-state index is 6.03. The predicted octanol–water partition coefficient (Wildman–Crippen LogP) is 3.27. The van der Waals surface area contributed by atoms with Crippen molar-refractivity contribution in [2.75, 3.05) is 0 Å². The number of ether oxygens (including phenoxy) is 1. The summed E-state index contributed by atoms with van der Waals surface area (Å²) in [6.07, 6.45) is 1.88. The number of halogens is 1. The van der Waals surface area contributed by atoms with Gasteiger partial charge in [0.2, 0.25) is 0 Å². The molecule has 0 aliphatic heterocycles. The summed E-state index contributed by atoms with van der Waals surface area (Å²) in [5.41, 5.74) is 2.60. The Hall–Kier alpha value is -2.07. The van der Waals surface area contributed by atoms with Crippen LogP contribution in [0.1, 0.15) is 11.4 Å². The van der Waals surface area contributed by atoms with Crippen molar-refractivity contribution in [2.45, 2.75) is 13.5 Å². The van der Waals surface area contributed by atoms with E-state index in [4.69, 9.17) is 16.3 Å². The molecule has 2 heterocycles. The number of aromatic nitrogens is 3. The van der Waals surface area contributed by atoms with Crippen LogP contribution in [0.2, 0.25) is 5.02 Å². The Labute approximate surface area is 115 Å². The van der Waals surface area contributed by atoms with Crippen molar-refractivity contribution in [3.05, 3.63) is 59.0 Å². The first kappa shape index (κ1) is 12.0. The molecule has 3 aromatic rings. The van der Waals surface area contributed by atoms with Gasteiger partial charge < -0.3 is 4.74 Å². The van der Waals surface area contributed by atoms with Crippen LogP contribution in [0.5, 0.6) is 5.75 Å². The zero-order chi connectivity index (χ0) is 13.2. The highest BCUT2D eigenvalue weighted by atomic mass is 35.5. The fourth-order valence-electron chi connectivity index (χ4n) is 1.83. The van der Waals surface area contributed by atoms with Gasteiger partial charge in [-0.15, -0.1) is 0 Å². The number of rotatable bonds is 3. The molecule has 0 aliphatic rings. The smallest absolute Gasteiger partial charge is 0.155 e. The highest BCUT2D eigenvalue weighted by Crippen LogP contribution is 2.23. The Balaban J connectivity index is 1.80. The Morgan fingerprint density at radius 1 is 1.26 bits per heavy atom. The maximum Gasteiger partial charge on any atom is 0.155 e. The van der Waals surface area contributed by atoms with Crippen molar-refractivity contribution in [2.24, 2.45) is 0 Å². The van der Waals surface area contributed by atoms with Crippen LogP contribution in [0.15, 0.2) is 42.6 Å². The second-order valence-corrected chi connectivity index (χ2v) is 4.63. The van der Waals surface area contributed by atoms with E-state index in [0.717, 1.165) is 17.0 Å². The molecule has 1 aromatic carbocycles. The first-order valence-corrected chi connectivity index (χ1v) is 6.29. The van der Waals surface area contributed by atoms with Crippen molar-refractivity contribution in [1.29, 1.82) is 0 Å². The molecule has 0 amide bonds. The summed E-state index contributed by atoms with van der Waals surface area (Å²) in [7, 11) is 0. The molecule has 0 aliphatic carbocycles. The lowest BCUT2D eigenvalue weighted by Gasteiger charge is -2.07. The molecule has 0 spiro atoms. The van der Waals surface area contributed by atoms with Gasteiger partial charge in [-0.2, -0.15) is 5.10 Å². The van der Waals surface area contributed by atoms with Gasteiger partial charge >= 0.3 is 0 Å². The number of fused-ring (bicyclic) bond motifs is 1. The lowest BCUT2D eigenvalue weighted by Crippen LogP contribution is -2.00. The summed E-state index contributed by atoms with van der Waals surface area (Å²) in [6.45, 7) is 2.32. The van der Waals surface area contributed by atoms with Gasteiger partial charge in [-0.1, -0.05) is 23.7 Å². The molecule has 0 radical (unpaired) electrons. The summed E-state index contributed by atoms with van der Waals surface area (Å²) >= 11 is 6.03. The highest BCUT2D eigenvalue weighted by Gasteiger charge is 2.04. The number of hydrogen-bond donors (Lipinski definition) is 0. The zero-order valence-corrected chi connectivity index (χ0v) is 11.1. The van der Waals surface area contributed by atoms with Crippen molar-refractivity contribution < 1.29 is 4.74 Å². The van der Waals surface area contributed by atoms with Crippen LogP contribution in [-0.4, -0.2) is 14.6 Å². The minimum Gasteiger partial charge on any atom is -0.486 e. The molecule has 96 valence electrons. The summed E-state index contributed by atoms with van der Waals surface area (Å²) in [6, 6.07) is 11.2. The summed E-state index contributed by atoms with van der Waals surface area (Å²) in [4.78, 5) is 4.47. The largest absolute Gasteiger partial charge is 0.486 e. The SMILES string of the molecule is Cc1cc2nc(COc3ccccc3Cl)ccn2n1. The van der Waals surface area contributed by atoms with Gasteiger partial charge in [-0.3, -0.25) is 0 Å². The van der Waals surface area contributed by atoms with Crippen LogP contribution in [0, 0.1) is 6.92 Å². The minimum atomic E-state index is 0.379. The third-order valence-corrected chi connectivity index (χ3v) is 3.03. The molecule has 0 saturated heterocycles. The Morgan fingerprint density at radius 3 is 2.95 bits per heavy atom. The first-order valence-electron chi connectivity index (χ1n) is 5.91. The van der Waals surface area contributed by atoms with Gasteiger partial charge in [-0.25, -0.2) is 9.50 Å². The van der Waals surface area contributed by atoms with E-state index in [2.05, 4.69) is 10.1 Å². The summed E-state index contributed by atoms with van der Waals surface area (Å²) in [5, 5.41) is 4.88. The molecule has 0 unspecified atom stereocenters. The summed E-state index contributed by atoms with van der Waals surface area (Å²) in [5.74, 6) is 0.663. The van der Waals surface area contributed by atoms with Gasteiger partial charge in [0.15, 0.2) is 5.65 Å². The lowest BCUT2D eigenvalue weighted by molar-refractivity contribution is 0.301. The second kappa shape index (κ2) is 4.90. The van der Waals surface area contributed by atoms with Crippen LogP contribution in [-0.2, 0) is 6.61 Å². The number of hydrogen-bond acceptors (Lipinski definition) is 3. The number of nitrogens with zero attached hydrogens (tertiary/aromatic N) is 3. The Morgan fingerprint density at radius 2 is 2.11 bits per heavy atom. The Kier molecular flexibility index (Phi) is 3.09. The van der Waals surface area contributed by atoms with E-state index in [-0.39, 0.29) is 0 Å². The van der Waals surface area contributed by atoms with E-state index in [1.54, 1.807) is 10.6 Å². The second-order valence-electron chi connectivity index (χ2n) is 4.23. The monoisotopic (exact) mass is 273 g/mol. The Bertz CT molecular complexity index is 724. The van der Waals surface area contributed by atoms with Crippen LogP contribution in [0.4, 0.5) is 0 Å². The lowest BCUT2D eigenvalue weighted by atomic mass is 10.3. The average Bonchev–Trinajstić information content (AvgIpc) is 2.77. The maximum absolute atomic E-state index is 6.03. The van der Waals surface area contributed by atoms with Crippen molar-refractivity contribution in [3.8, 4) is 5.75 Å². The topological polar surface area (TPSA) is 39.4 Å². The summed E-state index contributed by atoms with van der Waals surface area (Å²) < 4.78 is 7.40. The van der Waals surface area contributed by atoms with Crippen LogP contribution in [0.3, 0.4) is 0 Å². The molecular formula is C14H12ClN3O. The van der Waals surface area contributed by atoms with Gasteiger partial charge in [0.1, 0.15) is 12.4 Å². The fourth-order valence-corrected chi connectivity index (χ4v) is 2.02.